The Balaban J connectivity index is 1.41. The summed E-state index contributed by atoms with van der Waals surface area (Å²) >= 11 is 0. The number of hydrogen-bond donors (Lipinski definition) is 1. The van der Waals surface area contributed by atoms with E-state index in [9.17, 15) is 8.78 Å². The number of nitrogens with one attached hydrogen (secondary N) is 1. The van der Waals surface area contributed by atoms with Crippen molar-refractivity contribution < 1.29 is 13.5 Å². The summed E-state index contributed by atoms with van der Waals surface area (Å²) in [6.45, 7) is 7.83. The summed E-state index contributed by atoms with van der Waals surface area (Å²) in [6, 6.07) is 10.1. The number of imidazole rings is 1. The van der Waals surface area contributed by atoms with E-state index in [4.69, 9.17) is 14.7 Å². The van der Waals surface area contributed by atoms with E-state index in [1.807, 2.05) is 6.07 Å². The molecule has 2 aliphatic rings. The molecule has 2 aromatic heterocycles. The van der Waals surface area contributed by atoms with Gasteiger partial charge in [-0.15, -0.1) is 0 Å². The molecular weight excluding hydrogens is 476 g/mol. The fraction of sp³-hybridized carbons (Fsp3) is 0.593. The van der Waals surface area contributed by atoms with E-state index in [1.54, 1.807) is 24.3 Å². The first-order valence-corrected chi connectivity index (χ1v) is 13.3. The highest BCUT2D eigenvalue weighted by molar-refractivity contribution is 5.78. The average Bonchev–Trinajstić information content (AvgIpc) is 3.32. The standard InChI is InChI=1S/C27H37F2N7O/c1-18(2)34(3)20-10-8-19(9-11-20)17-30-27-32-23(35-12-14-37-15-13-35)16-24(33-27)36-22-7-5-4-6-21(22)31-26(36)25(28)29/h4-7,16,18-20,25H,8-15,17H2,1-3H3,(H,30,32,33)/t19-,20-. The number of rotatable bonds is 8. The Morgan fingerprint density at radius 1 is 1.03 bits per heavy atom. The first kappa shape index (κ1) is 25.8. The second-order valence-corrected chi connectivity index (χ2v) is 10.4. The molecule has 3 heterocycles. The van der Waals surface area contributed by atoms with Crippen molar-refractivity contribution in [1.29, 1.82) is 0 Å². The van der Waals surface area contributed by atoms with Gasteiger partial charge in [-0.25, -0.2) is 13.8 Å². The van der Waals surface area contributed by atoms with Gasteiger partial charge in [0.15, 0.2) is 5.82 Å². The number of alkyl halides is 2. The van der Waals surface area contributed by atoms with E-state index in [2.05, 4.69) is 41.0 Å². The minimum atomic E-state index is -2.73. The first-order chi connectivity index (χ1) is 17.9. The third-order valence-corrected chi connectivity index (χ3v) is 7.80. The molecule has 5 rings (SSSR count). The van der Waals surface area contributed by atoms with E-state index in [1.165, 1.54) is 17.4 Å². The highest BCUT2D eigenvalue weighted by atomic mass is 19.3. The molecule has 1 saturated heterocycles. The quantitative estimate of drug-likeness (QED) is 0.459. The number of fused-ring (bicyclic) bond motifs is 1. The molecule has 37 heavy (non-hydrogen) atoms. The predicted octanol–water partition coefficient (Wildman–Crippen LogP) is 4.90. The number of ether oxygens (including phenoxy) is 1. The second kappa shape index (κ2) is 11.3. The van der Waals surface area contributed by atoms with Crippen molar-refractivity contribution >= 4 is 22.8 Å². The number of nitrogens with zero attached hydrogens (tertiary/aromatic N) is 6. The lowest BCUT2D eigenvalue weighted by Gasteiger charge is -2.37. The van der Waals surface area contributed by atoms with E-state index in [0.717, 1.165) is 19.4 Å². The molecular formula is C27H37F2N7O. The number of aromatic nitrogens is 4. The average molecular weight is 514 g/mol. The van der Waals surface area contributed by atoms with Crippen LogP contribution >= 0.6 is 0 Å². The number of hydrogen-bond acceptors (Lipinski definition) is 7. The monoisotopic (exact) mass is 513 g/mol. The van der Waals surface area contributed by atoms with Crippen molar-refractivity contribution in [3.05, 3.63) is 36.2 Å². The summed E-state index contributed by atoms with van der Waals surface area (Å²) in [5, 5.41) is 3.44. The third kappa shape index (κ3) is 5.70. The lowest BCUT2D eigenvalue weighted by Crippen LogP contribution is -2.40. The molecule has 0 atom stereocenters. The summed E-state index contributed by atoms with van der Waals surface area (Å²) in [7, 11) is 2.22. The Kier molecular flexibility index (Phi) is 7.85. The minimum absolute atomic E-state index is 0.314. The molecule has 0 amide bonds. The first-order valence-electron chi connectivity index (χ1n) is 13.3. The zero-order chi connectivity index (χ0) is 25.9. The van der Waals surface area contributed by atoms with Crippen LogP contribution in [0.4, 0.5) is 20.5 Å². The van der Waals surface area contributed by atoms with Gasteiger partial charge in [0.05, 0.1) is 24.2 Å². The van der Waals surface area contributed by atoms with Gasteiger partial charge in [-0.2, -0.15) is 9.97 Å². The van der Waals surface area contributed by atoms with E-state index >= 15 is 0 Å². The van der Waals surface area contributed by atoms with Crippen LogP contribution in [0.2, 0.25) is 0 Å². The van der Waals surface area contributed by atoms with Gasteiger partial charge >= 0.3 is 0 Å². The molecule has 0 spiro atoms. The lowest BCUT2D eigenvalue weighted by molar-refractivity contribution is 0.122. The van der Waals surface area contributed by atoms with Crippen LogP contribution in [0.15, 0.2) is 30.3 Å². The predicted molar refractivity (Wildman–Crippen MR) is 142 cm³/mol. The summed E-state index contributed by atoms with van der Waals surface area (Å²) < 4.78 is 35.1. The maximum absolute atomic E-state index is 14.1. The van der Waals surface area contributed by atoms with Crippen molar-refractivity contribution in [1.82, 2.24) is 24.4 Å². The third-order valence-electron chi connectivity index (χ3n) is 7.80. The smallest absolute Gasteiger partial charge is 0.296 e. The number of para-hydroxylation sites is 2. The highest BCUT2D eigenvalue weighted by Crippen LogP contribution is 2.31. The fourth-order valence-corrected chi connectivity index (χ4v) is 5.42. The van der Waals surface area contributed by atoms with Crippen LogP contribution in [-0.4, -0.2) is 76.4 Å². The normalized spacial score (nSPS) is 20.9. The molecule has 1 aliphatic heterocycles. The molecule has 2 fully saturated rings. The van der Waals surface area contributed by atoms with Gasteiger partial charge in [-0.05, 0) is 64.6 Å². The number of benzene rings is 1. The van der Waals surface area contributed by atoms with Crippen LogP contribution in [0, 0.1) is 5.92 Å². The summed E-state index contributed by atoms with van der Waals surface area (Å²) in [6.07, 6.45) is 1.92. The molecule has 8 nitrogen and oxygen atoms in total. The van der Waals surface area contributed by atoms with Crippen LogP contribution in [0.25, 0.3) is 16.9 Å². The van der Waals surface area contributed by atoms with Gasteiger partial charge in [0, 0.05) is 37.8 Å². The van der Waals surface area contributed by atoms with Gasteiger partial charge in [-0.3, -0.25) is 4.57 Å². The van der Waals surface area contributed by atoms with Crippen LogP contribution in [-0.2, 0) is 4.74 Å². The molecule has 0 bridgehead atoms. The van der Waals surface area contributed by atoms with Crippen LogP contribution in [0.1, 0.15) is 51.8 Å². The van der Waals surface area contributed by atoms with E-state index < -0.39 is 6.43 Å². The number of halogens is 2. The topological polar surface area (TPSA) is 71.3 Å². The van der Waals surface area contributed by atoms with Crippen LogP contribution in [0.5, 0.6) is 0 Å². The van der Waals surface area contributed by atoms with Crippen LogP contribution < -0.4 is 10.2 Å². The molecule has 10 heteroatoms. The Morgan fingerprint density at radius 2 is 1.73 bits per heavy atom. The Bertz CT molecular complexity index is 1190. The van der Waals surface area contributed by atoms with Crippen molar-refractivity contribution in [2.24, 2.45) is 5.92 Å². The van der Waals surface area contributed by atoms with Crippen LogP contribution in [0.3, 0.4) is 0 Å². The summed E-state index contributed by atoms with van der Waals surface area (Å²) in [5.41, 5.74) is 1.12. The molecule has 3 aromatic rings. The molecule has 200 valence electrons. The largest absolute Gasteiger partial charge is 0.378 e. The minimum Gasteiger partial charge on any atom is -0.378 e. The molecule has 1 N–H and O–H groups in total. The Hall–Kier alpha value is -2.85. The SMILES string of the molecule is CC(C)N(C)[C@H]1CC[C@H](CNc2nc(N3CCOCC3)cc(-n3c(C(F)F)nc4ccccc43)n2)CC1. The highest BCUT2D eigenvalue weighted by Gasteiger charge is 2.26. The zero-order valence-electron chi connectivity index (χ0n) is 21.9. The molecule has 1 aliphatic carbocycles. The van der Waals surface area contributed by atoms with Gasteiger partial charge in [-0.1, -0.05) is 12.1 Å². The fourth-order valence-electron chi connectivity index (χ4n) is 5.42. The van der Waals surface area contributed by atoms with Gasteiger partial charge in [0.25, 0.3) is 6.43 Å². The second-order valence-electron chi connectivity index (χ2n) is 10.4. The molecule has 1 aromatic carbocycles. The summed E-state index contributed by atoms with van der Waals surface area (Å²) in [5.74, 6) is 1.77. The molecule has 0 radical (unpaired) electrons. The molecule has 0 unspecified atom stereocenters. The molecule has 1 saturated carbocycles. The Morgan fingerprint density at radius 3 is 2.43 bits per heavy atom. The lowest BCUT2D eigenvalue weighted by atomic mass is 9.85. The van der Waals surface area contributed by atoms with E-state index in [-0.39, 0.29) is 5.82 Å². The van der Waals surface area contributed by atoms with Gasteiger partial charge < -0.3 is 19.9 Å². The van der Waals surface area contributed by atoms with Gasteiger partial charge in [0.1, 0.15) is 11.6 Å². The summed E-state index contributed by atoms with van der Waals surface area (Å²) in [4.78, 5) is 18.3. The van der Waals surface area contributed by atoms with Gasteiger partial charge in [0.2, 0.25) is 5.95 Å². The van der Waals surface area contributed by atoms with Crippen molar-refractivity contribution in [2.45, 2.75) is 58.0 Å². The van der Waals surface area contributed by atoms with Crippen molar-refractivity contribution in [3.63, 3.8) is 0 Å². The number of anilines is 2. The zero-order valence-corrected chi connectivity index (χ0v) is 21.9. The van der Waals surface area contributed by atoms with Crippen molar-refractivity contribution in [3.8, 4) is 5.82 Å². The maximum atomic E-state index is 14.1. The maximum Gasteiger partial charge on any atom is 0.296 e. The van der Waals surface area contributed by atoms with Crippen molar-refractivity contribution in [2.75, 3.05) is 50.1 Å². The Labute approximate surface area is 217 Å². The van der Waals surface area contributed by atoms with E-state index in [0.29, 0.717) is 72.9 Å². The number of morpholine rings is 1.